The number of primary amides is 1. The summed E-state index contributed by atoms with van der Waals surface area (Å²) in [5, 5.41) is 10.5. The van der Waals surface area contributed by atoms with E-state index in [4.69, 9.17) is 5.73 Å². The lowest BCUT2D eigenvalue weighted by Gasteiger charge is -2.11. The van der Waals surface area contributed by atoms with Gasteiger partial charge in [0.15, 0.2) is 5.16 Å². The standard InChI is InChI=1S/C12H17N5O2S/c1-3-6-17-9(8-4-5-8)15-16-12(17)20-7(2)10(18)14-11(13)19/h3,7-8H,1,4-6H2,2H3,(H3,13,14,18,19). The number of rotatable bonds is 6. The predicted octanol–water partition coefficient (Wildman–Crippen LogP) is 1.02. The molecule has 0 radical (unpaired) electrons. The van der Waals surface area contributed by atoms with Crippen LogP contribution >= 0.6 is 11.8 Å². The van der Waals surface area contributed by atoms with Gasteiger partial charge in [-0.15, -0.1) is 16.8 Å². The van der Waals surface area contributed by atoms with Gasteiger partial charge in [-0.2, -0.15) is 0 Å². The third-order valence-corrected chi connectivity index (χ3v) is 3.98. The number of nitrogens with one attached hydrogen (secondary N) is 1. The van der Waals surface area contributed by atoms with Gasteiger partial charge >= 0.3 is 6.03 Å². The molecule has 2 rings (SSSR count). The molecule has 1 aromatic rings. The van der Waals surface area contributed by atoms with Crippen molar-refractivity contribution >= 4 is 23.7 Å². The number of imide groups is 1. The van der Waals surface area contributed by atoms with Crippen molar-refractivity contribution in [2.45, 2.75) is 42.6 Å². The van der Waals surface area contributed by atoms with Crippen LogP contribution in [0.1, 0.15) is 31.5 Å². The molecule has 1 aliphatic carbocycles. The van der Waals surface area contributed by atoms with Crippen molar-refractivity contribution in [2.24, 2.45) is 5.73 Å². The molecule has 1 aromatic heterocycles. The Hall–Kier alpha value is -1.83. The summed E-state index contributed by atoms with van der Waals surface area (Å²) >= 11 is 1.25. The number of allylic oxidation sites excluding steroid dienone is 1. The van der Waals surface area contributed by atoms with Crippen LogP contribution in [0.15, 0.2) is 17.8 Å². The highest BCUT2D eigenvalue weighted by Crippen LogP contribution is 2.40. The molecule has 108 valence electrons. The Kier molecular flexibility index (Phi) is 4.43. The van der Waals surface area contributed by atoms with E-state index >= 15 is 0 Å². The minimum absolute atomic E-state index is 0.441. The Bertz CT molecular complexity index is 538. The molecule has 20 heavy (non-hydrogen) atoms. The van der Waals surface area contributed by atoms with Gasteiger partial charge in [-0.1, -0.05) is 17.8 Å². The SMILES string of the molecule is C=CCn1c(SC(C)C(=O)NC(N)=O)nnc1C1CC1. The first kappa shape index (κ1) is 14.6. The van der Waals surface area contributed by atoms with Crippen LogP contribution in [0.25, 0.3) is 0 Å². The molecule has 1 heterocycles. The van der Waals surface area contributed by atoms with Crippen molar-refractivity contribution in [2.75, 3.05) is 0 Å². The summed E-state index contributed by atoms with van der Waals surface area (Å²) in [6.45, 7) is 6.01. The van der Waals surface area contributed by atoms with Gasteiger partial charge in [0.2, 0.25) is 5.91 Å². The number of thioether (sulfide) groups is 1. The number of hydrogen-bond acceptors (Lipinski definition) is 5. The summed E-state index contributed by atoms with van der Waals surface area (Å²) in [6, 6.07) is -0.853. The van der Waals surface area contributed by atoms with Crippen LogP contribution in [-0.2, 0) is 11.3 Å². The van der Waals surface area contributed by atoms with Gasteiger partial charge < -0.3 is 10.3 Å². The lowest BCUT2D eigenvalue weighted by atomic mass is 10.4. The van der Waals surface area contributed by atoms with Crippen molar-refractivity contribution in [3.05, 3.63) is 18.5 Å². The normalized spacial score (nSPS) is 15.7. The van der Waals surface area contributed by atoms with E-state index in [9.17, 15) is 9.59 Å². The van der Waals surface area contributed by atoms with E-state index in [0.717, 1.165) is 18.7 Å². The highest BCUT2D eigenvalue weighted by atomic mass is 32.2. The van der Waals surface area contributed by atoms with Gasteiger partial charge in [0.05, 0.1) is 5.25 Å². The van der Waals surface area contributed by atoms with Crippen LogP contribution < -0.4 is 11.1 Å². The topological polar surface area (TPSA) is 103 Å². The van der Waals surface area contributed by atoms with Crippen LogP contribution in [0.5, 0.6) is 0 Å². The smallest absolute Gasteiger partial charge is 0.318 e. The molecule has 0 aromatic carbocycles. The van der Waals surface area contributed by atoms with Gasteiger partial charge in [-0.3, -0.25) is 10.1 Å². The summed E-state index contributed by atoms with van der Waals surface area (Å²) in [5.41, 5.74) is 4.93. The highest BCUT2D eigenvalue weighted by molar-refractivity contribution is 8.00. The van der Waals surface area contributed by atoms with Crippen molar-refractivity contribution in [3.8, 4) is 0 Å². The third-order valence-electron chi connectivity index (χ3n) is 2.90. The van der Waals surface area contributed by atoms with E-state index in [-0.39, 0.29) is 0 Å². The third kappa shape index (κ3) is 3.38. The second-order valence-corrected chi connectivity index (χ2v) is 5.94. The molecule has 3 N–H and O–H groups in total. The average molecular weight is 295 g/mol. The van der Waals surface area contributed by atoms with E-state index in [1.54, 1.807) is 13.0 Å². The number of urea groups is 1. The van der Waals surface area contributed by atoms with Crippen LogP contribution in [0, 0.1) is 0 Å². The number of nitrogens with zero attached hydrogens (tertiary/aromatic N) is 3. The number of carbonyl (C=O) groups is 2. The van der Waals surface area contributed by atoms with Gasteiger partial charge in [0.25, 0.3) is 0 Å². The lowest BCUT2D eigenvalue weighted by Crippen LogP contribution is -2.39. The fourth-order valence-electron chi connectivity index (χ4n) is 1.77. The van der Waals surface area contributed by atoms with Gasteiger partial charge in [0.1, 0.15) is 5.82 Å². The Labute approximate surface area is 121 Å². The fraction of sp³-hybridized carbons (Fsp3) is 0.500. The fourth-order valence-corrected chi connectivity index (χ4v) is 2.63. The first-order chi connectivity index (χ1) is 9.52. The second kappa shape index (κ2) is 6.08. The Morgan fingerprint density at radius 1 is 1.60 bits per heavy atom. The Morgan fingerprint density at radius 3 is 2.85 bits per heavy atom. The van der Waals surface area contributed by atoms with Gasteiger partial charge in [0, 0.05) is 12.5 Å². The highest BCUT2D eigenvalue weighted by Gasteiger charge is 2.31. The minimum Gasteiger partial charge on any atom is -0.351 e. The Morgan fingerprint density at radius 2 is 2.30 bits per heavy atom. The molecule has 0 saturated heterocycles. The Balaban J connectivity index is 2.10. The maximum atomic E-state index is 11.7. The molecule has 0 bridgehead atoms. The molecule has 8 heteroatoms. The molecule has 3 amide bonds. The molecule has 1 atom stereocenters. The quantitative estimate of drug-likeness (QED) is 0.602. The number of hydrogen-bond donors (Lipinski definition) is 2. The molecular formula is C12H17N5O2S. The molecule has 7 nitrogen and oxygen atoms in total. The van der Waals surface area contributed by atoms with Crippen molar-refractivity contribution < 1.29 is 9.59 Å². The lowest BCUT2D eigenvalue weighted by molar-refractivity contribution is -0.119. The number of aromatic nitrogens is 3. The monoisotopic (exact) mass is 295 g/mol. The van der Waals surface area contributed by atoms with Gasteiger partial charge in [-0.05, 0) is 19.8 Å². The second-order valence-electron chi connectivity index (χ2n) is 4.63. The van der Waals surface area contributed by atoms with E-state index in [1.807, 2.05) is 4.57 Å². The maximum Gasteiger partial charge on any atom is 0.318 e. The first-order valence-corrected chi connectivity index (χ1v) is 7.21. The summed E-state index contributed by atoms with van der Waals surface area (Å²) < 4.78 is 1.96. The summed E-state index contributed by atoms with van der Waals surface area (Å²) in [4.78, 5) is 22.3. The largest absolute Gasteiger partial charge is 0.351 e. The average Bonchev–Trinajstić information content (AvgIpc) is 3.14. The van der Waals surface area contributed by atoms with Crippen LogP contribution in [-0.4, -0.2) is 32.0 Å². The molecule has 1 unspecified atom stereocenters. The minimum atomic E-state index is -0.853. The zero-order valence-corrected chi connectivity index (χ0v) is 12.0. The number of nitrogens with two attached hydrogens (primary N) is 1. The van der Waals surface area contributed by atoms with E-state index in [1.165, 1.54) is 11.8 Å². The van der Waals surface area contributed by atoms with E-state index in [2.05, 4.69) is 22.1 Å². The van der Waals surface area contributed by atoms with Crippen LogP contribution in [0.2, 0.25) is 0 Å². The zero-order chi connectivity index (χ0) is 14.7. The number of carbonyl (C=O) groups excluding carboxylic acids is 2. The molecule has 0 aliphatic heterocycles. The molecule has 1 saturated carbocycles. The van der Waals surface area contributed by atoms with E-state index in [0.29, 0.717) is 17.6 Å². The van der Waals surface area contributed by atoms with E-state index < -0.39 is 17.2 Å². The molecular weight excluding hydrogens is 278 g/mol. The summed E-state index contributed by atoms with van der Waals surface area (Å²) in [7, 11) is 0. The van der Waals surface area contributed by atoms with Gasteiger partial charge in [-0.25, -0.2) is 4.79 Å². The number of amides is 3. The summed E-state index contributed by atoms with van der Waals surface area (Å²) in [5.74, 6) is 0.963. The van der Waals surface area contributed by atoms with Crippen LogP contribution in [0.3, 0.4) is 0 Å². The van der Waals surface area contributed by atoms with Crippen LogP contribution in [0.4, 0.5) is 4.79 Å². The predicted molar refractivity (Wildman–Crippen MR) is 75.2 cm³/mol. The zero-order valence-electron chi connectivity index (χ0n) is 11.2. The summed E-state index contributed by atoms with van der Waals surface area (Å²) in [6.07, 6.45) is 4.02. The molecule has 1 fully saturated rings. The molecule has 0 spiro atoms. The van der Waals surface area contributed by atoms with Crippen molar-refractivity contribution in [3.63, 3.8) is 0 Å². The maximum absolute atomic E-state index is 11.7. The molecule has 1 aliphatic rings. The van der Waals surface area contributed by atoms with Crippen molar-refractivity contribution in [1.82, 2.24) is 20.1 Å². The van der Waals surface area contributed by atoms with Crippen molar-refractivity contribution in [1.29, 1.82) is 0 Å². The first-order valence-electron chi connectivity index (χ1n) is 6.34.